The summed E-state index contributed by atoms with van der Waals surface area (Å²) in [4.78, 5) is 15.1. The fraction of sp³-hybridized carbons (Fsp3) is 0.722. The number of hydrogen-bond acceptors (Lipinski definition) is 2. The molecular weight excluding hydrogens is 260 g/mol. The molecule has 0 radical (unpaired) electrons. The quantitative estimate of drug-likeness (QED) is 0.802. The summed E-state index contributed by atoms with van der Waals surface area (Å²) in [6.07, 6.45) is 8.10. The monoisotopic (exact) mass is 288 g/mol. The number of hydrogen-bond donors (Lipinski definition) is 1. The smallest absolute Gasteiger partial charge is 0.233 e. The average Bonchev–Trinajstić information content (AvgIpc) is 2.75. The van der Waals surface area contributed by atoms with Gasteiger partial charge < -0.3 is 10.6 Å². The number of carbonyl (C=O) groups excluding carboxylic acids is 1. The van der Waals surface area contributed by atoms with Gasteiger partial charge in [-0.1, -0.05) is 12.2 Å². The lowest BCUT2D eigenvalue weighted by atomic mass is 9.67. The van der Waals surface area contributed by atoms with E-state index in [0.29, 0.717) is 5.91 Å². The molecule has 2 N–H and O–H groups in total. The third kappa shape index (κ3) is 2.46. The summed E-state index contributed by atoms with van der Waals surface area (Å²) in [7, 11) is 0. The molecule has 3 heteroatoms. The van der Waals surface area contributed by atoms with Gasteiger partial charge in [-0.25, -0.2) is 0 Å². The molecule has 3 aliphatic rings. The van der Waals surface area contributed by atoms with Gasteiger partial charge in [0.1, 0.15) is 0 Å². The van der Waals surface area contributed by atoms with Crippen molar-refractivity contribution in [1.82, 2.24) is 4.90 Å². The Balaban J connectivity index is 1.81. The minimum atomic E-state index is -0.120. The van der Waals surface area contributed by atoms with Crippen molar-refractivity contribution in [3.05, 3.63) is 23.4 Å². The second kappa shape index (κ2) is 4.98. The minimum Gasteiger partial charge on any atom is -0.325 e. The van der Waals surface area contributed by atoms with Gasteiger partial charge in [0.15, 0.2) is 0 Å². The van der Waals surface area contributed by atoms with Crippen LogP contribution in [0.25, 0.3) is 0 Å². The normalized spacial score (nSPS) is 37.8. The van der Waals surface area contributed by atoms with Gasteiger partial charge in [0.2, 0.25) is 5.91 Å². The van der Waals surface area contributed by atoms with Gasteiger partial charge in [-0.3, -0.25) is 4.79 Å². The van der Waals surface area contributed by atoms with Crippen LogP contribution in [0.3, 0.4) is 0 Å². The third-order valence-electron chi connectivity index (χ3n) is 6.04. The molecule has 1 amide bonds. The molecule has 1 spiro atoms. The minimum absolute atomic E-state index is 0.0761. The van der Waals surface area contributed by atoms with Crippen molar-refractivity contribution in [2.24, 2.45) is 11.1 Å². The van der Waals surface area contributed by atoms with E-state index in [9.17, 15) is 4.79 Å². The van der Waals surface area contributed by atoms with Gasteiger partial charge in [0.25, 0.3) is 0 Å². The Kier molecular flexibility index (Phi) is 3.52. The first-order valence-electron chi connectivity index (χ1n) is 8.33. The van der Waals surface area contributed by atoms with Crippen LogP contribution in [-0.4, -0.2) is 22.9 Å². The molecule has 1 saturated carbocycles. The molecule has 0 unspecified atom stereocenters. The van der Waals surface area contributed by atoms with E-state index in [1.807, 2.05) is 0 Å². The van der Waals surface area contributed by atoms with E-state index in [1.54, 1.807) is 0 Å². The van der Waals surface area contributed by atoms with Crippen LogP contribution in [-0.2, 0) is 4.79 Å². The summed E-state index contributed by atoms with van der Waals surface area (Å²) in [5.41, 5.74) is 9.76. The Hall–Kier alpha value is -1.09. The summed E-state index contributed by atoms with van der Waals surface area (Å²) >= 11 is 0. The molecule has 1 saturated heterocycles. The van der Waals surface area contributed by atoms with E-state index in [-0.39, 0.29) is 11.0 Å². The van der Waals surface area contributed by atoms with E-state index in [4.69, 9.17) is 5.73 Å². The first-order valence-corrected chi connectivity index (χ1v) is 8.33. The SMILES string of the molecule is C=C1CCCC(N2CC[C@]3(CC[C@](C)(N)CC3)C2=O)=C1C. The molecule has 2 fully saturated rings. The topological polar surface area (TPSA) is 46.3 Å². The van der Waals surface area contributed by atoms with E-state index < -0.39 is 0 Å². The maximum Gasteiger partial charge on any atom is 0.233 e. The standard InChI is InChI=1S/C18H28N2O/c1-13-5-4-6-15(14(13)2)20-12-11-18(16(20)21)9-7-17(3,19)8-10-18/h1,4-12,19H2,2-3H3/t17-,18+. The number of rotatable bonds is 1. The molecule has 3 rings (SSSR count). The highest BCUT2D eigenvalue weighted by Crippen LogP contribution is 2.48. The summed E-state index contributed by atoms with van der Waals surface area (Å²) in [5.74, 6) is 0.363. The average molecular weight is 288 g/mol. The van der Waals surface area contributed by atoms with Crippen molar-refractivity contribution >= 4 is 5.91 Å². The largest absolute Gasteiger partial charge is 0.325 e. The lowest BCUT2D eigenvalue weighted by Gasteiger charge is -2.40. The molecule has 0 atom stereocenters. The maximum absolute atomic E-state index is 13.1. The number of nitrogens with zero attached hydrogens (tertiary/aromatic N) is 1. The Labute approximate surface area is 128 Å². The van der Waals surface area contributed by atoms with Crippen molar-refractivity contribution in [3.8, 4) is 0 Å². The fourth-order valence-electron chi connectivity index (χ4n) is 4.23. The van der Waals surface area contributed by atoms with Crippen molar-refractivity contribution in [3.63, 3.8) is 0 Å². The van der Waals surface area contributed by atoms with Crippen LogP contribution in [0.15, 0.2) is 23.4 Å². The molecule has 21 heavy (non-hydrogen) atoms. The summed E-state index contributed by atoms with van der Waals surface area (Å²) in [6, 6.07) is 0. The number of allylic oxidation sites excluding steroid dienone is 3. The van der Waals surface area contributed by atoms with Gasteiger partial charge >= 0.3 is 0 Å². The van der Waals surface area contributed by atoms with Crippen LogP contribution in [0.1, 0.15) is 65.2 Å². The van der Waals surface area contributed by atoms with Gasteiger partial charge in [-0.2, -0.15) is 0 Å². The Morgan fingerprint density at radius 3 is 2.48 bits per heavy atom. The number of likely N-dealkylation sites (tertiary alicyclic amines) is 1. The van der Waals surface area contributed by atoms with Crippen LogP contribution in [0.5, 0.6) is 0 Å². The van der Waals surface area contributed by atoms with Crippen LogP contribution in [0.4, 0.5) is 0 Å². The van der Waals surface area contributed by atoms with E-state index in [2.05, 4.69) is 25.3 Å². The first kappa shape index (κ1) is 14.8. The molecule has 1 aliphatic heterocycles. The van der Waals surface area contributed by atoms with Crippen LogP contribution >= 0.6 is 0 Å². The van der Waals surface area contributed by atoms with E-state index in [1.165, 1.54) is 16.8 Å². The van der Waals surface area contributed by atoms with Crippen molar-refractivity contribution in [1.29, 1.82) is 0 Å². The Bertz CT molecular complexity index is 505. The summed E-state index contributed by atoms with van der Waals surface area (Å²) in [6.45, 7) is 9.29. The molecule has 0 aromatic heterocycles. The summed E-state index contributed by atoms with van der Waals surface area (Å²) < 4.78 is 0. The van der Waals surface area contributed by atoms with E-state index >= 15 is 0 Å². The van der Waals surface area contributed by atoms with E-state index in [0.717, 1.165) is 57.9 Å². The van der Waals surface area contributed by atoms with Crippen molar-refractivity contribution in [2.45, 2.75) is 70.8 Å². The number of amides is 1. The highest BCUT2D eigenvalue weighted by atomic mass is 16.2. The van der Waals surface area contributed by atoms with Gasteiger partial charge in [0.05, 0.1) is 5.41 Å². The third-order valence-corrected chi connectivity index (χ3v) is 6.04. The predicted octanol–water partition coefficient (Wildman–Crippen LogP) is 3.51. The molecule has 1 heterocycles. The highest BCUT2D eigenvalue weighted by molar-refractivity contribution is 5.87. The Morgan fingerprint density at radius 2 is 1.81 bits per heavy atom. The van der Waals surface area contributed by atoms with Gasteiger partial charge in [-0.15, -0.1) is 0 Å². The predicted molar refractivity (Wildman–Crippen MR) is 85.5 cm³/mol. The van der Waals surface area contributed by atoms with Crippen LogP contribution in [0, 0.1) is 5.41 Å². The van der Waals surface area contributed by atoms with Crippen LogP contribution < -0.4 is 5.73 Å². The van der Waals surface area contributed by atoms with Gasteiger partial charge in [0, 0.05) is 17.8 Å². The fourth-order valence-corrected chi connectivity index (χ4v) is 4.23. The number of carbonyl (C=O) groups is 1. The van der Waals surface area contributed by atoms with Crippen LogP contribution in [0.2, 0.25) is 0 Å². The zero-order valence-electron chi connectivity index (χ0n) is 13.5. The summed E-state index contributed by atoms with van der Waals surface area (Å²) in [5, 5.41) is 0. The molecule has 2 aliphatic carbocycles. The zero-order valence-corrected chi connectivity index (χ0v) is 13.5. The molecule has 0 bridgehead atoms. The lowest BCUT2D eigenvalue weighted by Crippen LogP contribution is -2.46. The molecule has 116 valence electrons. The molecular formula is C18H28N2O. The maximum atomic E-state index is 13.1. The molecule has 0 aromatic carbocycles. The van der Waals surface area contributed by atoms with Crippen molar-refractivity contribution < 1.29 is 4.79 Å². The lowest BCUT2D eigenvalue weighted by molar-refractivity contribution is -0.136. The second-order valence-electron chi connectivity index (χ2n) is 7.67. The molecule has 3 nitrogen and oxygen atoms in total. The second-order valence-corrected chi connectivity index (χ2v) is 7.67. The van der Waals surface area contributed by atoms with Gasteiger partial charge in [-0.05, 0) is 70.8 Å². The Morgan fingerprint density at radius 1 is 1.14 bits per heavy atom. The number of nitrogens with two attached hydrogens (primary N) is 1. The first-order chi connectivity index (χ1) is 9.85. The highest BCUT2D eigenvalue weighted by Gasteiger charge is 2.50. The van der Waals surface area contributed by atoms with Crippen molar-refractivity contribution in [2.75, 3.05) is 6.54 Å². The zero-order chi connectivity index (χ0) is 15.3. The molecule has 0 aromatic rings.